The predicted octanol–water partition coefficient (Wildman–Crippen LogP) is 3.56. The third-order valence-corrected chi connectivity index (χ3v) is 3.55. The molecule has 3 rings (SSSR count). The van der Waals surface area contributed by atoms with Crippen molar-refractivity contribution >= 4 is 17.6 Å². The Labute approximate surface area is 155 Å². The summed E-state index contributed by atoms with van der Waals surface area (Å²) in [6, 6.07) is 8.24. The number of benzene rings is 1. The Morgan fingerprint density at radius 1 is 1.19 bits per heavy atom. The number of hydrogen-bond donors (Lipinski definition) is 0. The fourth-order valence-electron chi connectivity index (χ4n) is 2.17. The van der Waals surface area contributed by atoms with Crippen LogP contribution >= 0.6 is 11.6 Å². The van der Waals surface area contributed by atoms with Crippen molar-refractivity contribution in [3.8, 4) is 17.4 Å². The van der Waals surface area contributed by atoms with Crippen LogP contribution in [-0.2, 0) is 6.18 Å². The van der Waals surface area contributed by atoms with Crippen molar-refractivity contribution < 1.29 is 27.4 Å². The van der Waals surface area contributed by atoms with E-state index in [1.807, 2.05) is 0 Å². The highest BCUT2D eigenvalue weighted by Gasteiger charge is 2.41. The Bertz CT molecular complexity index is 974. The number of ether oxygens (including phenoxy) is 2. The number of methoxy groups -OCH3 is 1. The van der Waals surface area contributed by atoms with Gasteiger partial charge in [-0.3, -0.25) is 0 Å². The first-order valence-corrected chi connectivity index (χ1v) is 7.68. The summed E-state index contributed by atoms with van der Waals surface area (Å²) in [4.78, 5) is 12.3. The Hall–Kier alpha value is -3.14. The zero-order valence-corrected chi connectivity index (χ0v) is 14.3. The van der Waals surface area contributed by atoms with Gasteiger partial charge in [0.25, 0.3) is 0 Å². The number of carbonyl (C=O) groups excluding carboxylic acids is 1. The summed E-state index contributed by atoms with van der Waals surface area (Å²) in [7, 11) is 1.34. The molecular formula is C16H10ClF3N4O3. The van der Waals surface area contributed by atoms with Gasteiger partial charge < -0.3 is 9.47 Å². The molecule has 0 aliphatic carbocycles. The third kappa shape index (κ3) is 4.00. The summed E-state index contributed by atoms with van der Waals surface area (Å²) in [5.41, 5.74) is -2.12. The number of halogens is 4. The van der Waals surface area contributed by atoms with E-state index in [0.717, 1.165) is 6.20 Å². The maximum absolute atomic E-state index is 13.6. The van der Waals surface area contributed by atoms with Crippen LogP contribution in [0.25, 0.3) is 5.82 Å². The summed E-state index contributed by atoms with van der Waals surface area (Å²) in [6.45, 7) is 0. The lowest BCUT2D eigenvalue weighted by Gasteiger charge is -2.11. The lowest BCUT2D eigenvalue weighted by atomic mass is 10.2. The molecule has 1 aromatic carbocycles. The monoisotopic (exact) mass is 398 g/mol. The smallest absolute Gasteiger partial charge is 0.434 e. The van der Waals surface area contributed by atoms with E-state index in [4.69, 9.17) is 21.1 Å². The molecule has 2 heterocycles. The first-order chi connectivity index (χ1) is 12.8. The molecule has 2 aromatic heterocycles. The number of nitrogens with zero attached hydrogens (tertiary/aromatic N) is 4. The summed E-state index contributed by atoms with van der Waals surface area (Å²) in [5, 5.41) is 11.1. The van der Waals surface area contributed by atoms with Gasteiger partial charge in [0.15, 0.2) is 11.5 Å². The molecule has 3 aromatic rings. The number of aromatic nitrogens is 4. The Balaban J connectivity index is 2.00. The van der Waals surface area contributed by atoms with Gasteiger partial charge in [-0.25, -0.2) is 9.48 Å². The first-order valence-electron chi connectivity index (χ1n) is 7.30. The van der Waals surface area contributed by atoms with Crippen LogP contribution in [-0.4, -0.2) is 33.1 Å². The van der Waals surface area contributed by atoms with E-state index in [1.54, 1.807) is 0 Å². The number of hydrogen-bond acceptors (Lipinski definition) is 6. The normalized spacial score (nSPS) is 11.3. The number of carbonyl (C=O) groups is 1. The van der Waals surface area contributed by atoms with Crippen LogP contribution in [0.3, 0.4) is 0 Å². The molecule has 0 unspecified atom stereocenters. The van der Waals surface area contributed by atoms with Gasteiger partial charge in [0, 0.05) is 11.1 Å². The predicted molar refractivity (Wildman–Crippen MR) is 87.1 cm³/mol. The quantitative estimate of drug-likeness (QED) is 0.494. The van der Waals surface area contributed by atoms with Crippen molar-refractivity contribution in [3.63, 3.8) is 0 Å². The van der Waals surface area contributed by atoms with Gasteiger partial charge in [-0.15, -0.1) is 10.2 Å². The van der Waals surface area contributed by atoms with Gasteiger partial charge in [-0.1, -0.05) is 17.7 Å². The molecule has 7 nitrogen and oxygen atoms in total. The van der Waals surface area contributed by atoms with E-state index in [-0.39, 0.29) is 22.5 Å². The molecule has 11 heteroatoms. The van der Waals surface area contributed by atoms with Crippen LogP contribution in [0, 0.1) is 0 Å². The van der Waals surface area contributed by atoms with E-state index in [1.165, 1.54) is 43.5 Å². The van der Waals surface area contributed by atoms with E-state index in [9.17, 15) is 18.0 Å². The van der Waals surface area contributed by atoms with Gasteiger partial charge in [-0.05, 0) is 24.3 Å². The second kappa shape index (κ2) is 7.23. The molecule has 27 heavy (non-hydrogen) atoms. The highest BCUT2D eigenvalue weighted by atomic mass is 35.5. The van der Waals surface area contributed by atoms with Crippen molar-refractivity contribution in [2.45, 2.75) is 6.18 Å². The van der Waals surface area contributed by atoms with Crippen molar-refractivity contribution in [2.24, 2.45) is 0 Å². The molecule has 0 atom stereocenters. The number of rotatable bonds is 4. The standard InChI is InChI=1S/C16H10ClF3N4O3/c1-26-13-6-5-12(22-23-13)24-14(16(18,19)20)11(8-21-24)15(25)27-10-4-2-3-9(17)7-10/h2-8H,1H3. The topological polar surface area (TPSA) is 79.1 Å². The van der Waals surface area contributed by atoms with E-state index >= 15 is 0 Å². The fourth-order valence-corrected chi connectivity index (χ4v) is 2.35. The van der Waals surface area contributed by atoms with Gasteiger partial charge in [0.1, 0.15) is 11.3 Å². The van der Waals surface area contributed by atoms with E-state index in [0.29, 0.717) is 4.68 Å². The van der Waals surface area contributed by atoms with Crippen LogP contribution in [0.4, 0.5) is 13.2 Å². The number of esters is 1. The van der Waals surface area contributed by atoms with Gasteiger partial charge >= 0.3 is 12.1 Å². The van der Waals surface area contributed by atoms with Crippen molar-refractivity contribution in [2.75, 3.05) is 7.11 Å². The first kappa shape index (κ1) is 18.6. The number of alkyl halides is 3. The highest BCUT2D eigenvalue weighted by molar-refractivity contribution is 6.30. The molecule has 0 radical (unpaired) electrons. The van der Waals surface area contributed by atoms with Crippen molar-refractivity contribution in [3.05, 3.63) is 58.9 Å². The zero-order chi connectivity index (χ0) is 19.6. The van der Waals surface area contributed by atoms with Crippen LogP contribution in [0.5, 0.6) is 11.6 Å². The molecule has 0 aliphatic rings. The second-order valence-corrected chi connectivity index (χ2v) is 5.53. The highest BCUT2D eigenvalue weighted by Crippen LogP contribution is 2.34. The van der Waals surface area contributed by atoms with Crippen LogP contribution < -0.4 is 9.47 Å². The summed E-state index contributed by atoms with van der Waals surface area (Å²) in [6.07, 6.45) is -4.15. The molecule has 0 spiro atoms. The molecule has 0 bridgehead atoms. The Kier molecular flexibility index (Phi) is 5.00. The van der Waals surface area contributed by atoms with Crippen LogP contribution in [0.15, 0.2) is 42.6 Å². The fraction of sp³-hybridized carbons (Fsp3) is 0.125. The molecule has 0 aliphatic heterocycles. The molecule has 0 fully saturated rings. The minimum absolute atomic E-state index is 0.00221. The van der Waals surface area contributed by atoms with Crippen LogP contribution in [0.2, 0.25) is 5.02 Å². The molecule has 140 valence electrons. The average molecular weight is 399 g/mol. The molecule has 0 saturated heterocycles. The van der Waals surface area contributed by atoms with Crippen molar-refractivity contribution in [1.29, 1.82) is 0 Å². The summed E-state index contributed by atoms with van der Waals surface area (Å²) in [5.74, 6) is -1.38. The Morgan fingerprint density at radius 2 is 1.96 bits per heavy atom. The average Bonchev–Trinajstić information content (AvgIpc) is 3.07. The van der Waals surface area contributed by atoms with E-state index < -0.39 is 23.4 Å². The molecule has 0 saturated carbocycles. The van der Waals surface area contributed by atoms with Crippen LogP contribution in [0.1, 0.15) is 16.1 Å². The lowest BCUT2D eigenvalue weighted by Crippen LogP contribution is -2.20. The largest absolute Gasteiger partial charge is 0.480 e. The van der Waals surface area contributed by atoms with Gasteiger partial charge in [0.05, 0.1) is 13.3 Å². The summed E-state index contributed by atoms with van der Waals surface area (Å²) >= 11 is 5.77. The molecule has 0 amide bonds. The lowest BCUT2D eigenvalue weighted by molar-refractivity contribution is -0.143. The van der Waals surface area contributed by atoms with Gasteiger partial charge in [-0.2, -0.15) is 18.3 Å². The zero-order valence-electron chi connectivity index (χ0n) is 13.6. The minimum Gasteiger partial charge on any atom is -0.480 e. The van der Waals surface area contributed by atoms with Crippen molar-refractivity contribution in [1.82, 2.24) is 20.0 Å². The van der Waals surface area contributed by atoms with E-state index in [2.05, 4.69) is 15.3 Å². The maximum atomic E-state index is 13.6. The minimum atomic E-state index is -4.90. The molecule has 0 N–H and O–H groups in total. The summed E-state index contributed by atoms with van der Waals surface area (Å²) < 4.78 is 51.0. The third-order valence-electron chi connectivity index (χ3n) is 3.32. The van der Waals surface area contributed by atoms with Gasteiger partial charge in [0.2, 0.25) is 5.88 Å². The maximum Gasteiger partial charge on any atom is 0.434 e. The Morgan fingerprint density at radius 3 is 2.56 bits per heavy atom. The second-order valence-electron chi connectivity index (χ2n) is 5.10. The molecular weight excluding hydrogens is 389 g/mol. The SMILES string of the molecule is COc1ccc(-n2ncc(C(=O)Oc3cccc(Cl)c3)c2C(F)(F)F)nn1.